The van der Waals surface area contributed by atoms with Crippen molar-refractivity contribution in [2.75, 3.05) is 39.4 Å². The molecule has 5 heteroatoms. The quantitative estimate of drug-likeness (QED) is 0.718. The molecule has 1 aromatic rings. The molecule has 2 aliphatic rings. The number of morpholine rings is 1. The van der Waals surface area contributed by atoms with Crippen molar-refractivity contribution in [3.8, 4) is 0 Å². The van der Waals surface area contributed by atoms with Crippen molar-refractivity contribution in [2.45, 2.75) is 58.0 Å². The molecule has 1 heterocycles. The average molecular weight is 390 g/mol. The zero-order valence-electron chi connectivity index (χ0n) is 16.8. The maximum atomic E-state index is 5.84. The summed E-state index contributed by atoms with van der Waals surface area (Å²) in [6.45, 7) is 9.03. The summed E-state index contributed by atoms with van der Waals surface area (Å²) in [6.07, 6.45) is 7.68. The Hall–Kier alpha value is -1.17. The number of rotatable bonds is 7. The summed E-state index contributed by atoms with van der Waals surface area (Å²) < 4.78 is 5.46. The van der Waals surface area contributed by atoms with Crippen molar-refractivity contribution in [3.63, 3.8) is 0 Å². The van der Waals surface area contributed by atoms with Gasteiger partial charge in [0.1, 0.15) is 0 Å². The fourth-order valence-corrected chi connectivity index (χ4v) is 4.43. The molecule has 0 atom stereocenters. The van der Waals surface area contributed by atoms with Crippen LogP contribution in [0.4, 0.5) is 0 Å². The van der Waals surface area contributed by atoms with E-state index in [0.717, 1.165) is 57.5 Å². The predicted molar refractivity (Wildman–Crippen MR) is 116 cm³/mol. The number of hydrogen-bond donors (Lipinski definition) is 1. The molecule has 27 heavy (non-hydrogen) atoms. The molecular formula is C22H35N3OS. The van der Waals surface area contributed by atoms with Crippen LogP contribution >= 0.6 is 12.2 Å². The van der Waals surface area contributed by atoms with Gasteiger partial charge in [-0.2, -0.15) is 0 Å². The van der Waals surface area contributed by atoms with E-state index in [4.69, 9.17) is 17.0 Å². The maximum absolute atomic E-state index is 5.84. The molecule has 1 aliphatic heterocycles. The summed E-state index contributed by atoms with van der Waals surface area (Å²) in [4.78, 5) is 4.88. The fourth-order valence-electron chi connectivity index (χ4n) is 4.11. The first kappa shape index (κ1) is 20.6. The van der Waals surface area contributed by atoms with Gasteiger partial charge in [-0.1, -0.05) is 49.1 Å². The number of thiocarbonyl (C=S) groups is 1. The van der Waals surface area contributed by atoms with Crippen LogP contribution in [0, 0.1) is 6.92 Å². The van der Waals surface area contributed by atoms with Gasteiger partial charge in [-0.3, -0.25) is 4.90 Å². The Morgan fingerprint density at radius 3 is 2.74 bits per heavy atom. The Bertz CT molecular complexity index is 583. The molecule has 0 aromatic heterocycles. The van der Waals surface area contributed by atoms with Gasteiger partial charge >= 0.3 is 0 Å². The molecule has 0 amide bonds. The van der Waals surface area contributed by atoms with Gasteiger partial charge in [-0.05, 0) is 44.0 Å². The Labute approximate surface area is 170 Å². The zero-order chi connectivity index (χ0) is 18.9. The number of hydrogen-bond acceptors (Lipinski definition) is 3. The largest absolute Gasteiger partial charge is 0.379 e. The number of nitrogens with one attached hydrogen (secondary N) is 1. The van der Waals surface area contributed by atoms with Gasteiger partial charge in [0, 0.05) is 38.8 Å². The second kappa shape index (κ2) is 11.0. The third kappa shape index (κ3) is 7.05. The van der Waals surface area contributed by atoms with Crippen LogP contribution in [-0.2, 0) is 11.3 Å². The molecule has 1 N–H and O–H groups in total. The summed E-state index contributed by atoms with van der Waals surface area (Å²) in [6, 6.07) is 9.35. The molecule has 1 saturated heterocycles. The summed E-state index contributed by atoms with van der Waals surface area (Å²) >= 11 is 5.84. The van der Waals surface area contributed by atoms with E-state index in [1.54, 1.807) is 0 Å². The van der Waals surface area contributed by atoms with Gasteiger partial charge < -0.3 is 15.0 Å². The molecule has 0 radical (unpaired) electrons. The van der Waals surface area contributed by atoms with Crippen LogP contribution in [0.5, 0.6) is 0 Å². The summed E-state index contributed by atoms with van der Waals surface area (Å²) in [7, 11) is 0. The van der Waals surface area contributed by atoms with Crippen LogP contribution in [0.2, 0.25) is 0 Å². The van der Waals surface area contributed by atoms with E-state index >= 15 is 0 Å². The molecule has 0 spiro atoms. The second-order valence-corrected chi connectivity index (χ2v) is 8.39. The van der Waals surface area contributed by atoms with Crippen LogP contribution in [0.15, 0.2) is 24.3 Å². The lowest BCUT2D eigenvalue weighted by Gasteiger charge is -2.32. The normalized spacial score (nSPS) is 19.0. The smallest absolute Gasteiger partial charge is 0.169 e. The van der Waals surface area contributed by atoms with Crippen molar-refractivity contribution in [1.82, 2.24) is 15.1 Å². The van der Waals surface area contributed by atoms with Crippen LogP contribution in [-0.4, -0.2) is 60.3 Å². The first-order chi connectivity index (χ1) is 13.2. The highest BCUT2D eigenvalue weighted by atomic mass is 32.1. The Balaban J connectivity index is 1.55. The number of benzene rings is 1. The van der Waals surface area contributed by atoms with Gasteiger partial charge in [0.2, 0.25) is 0 Å². The molecule has 0 unspecified atom stereocenters. The van der Waals surface area contributed by atoms with Crippen molar-refractivity contribution in [3.05, 3.63) is 35.4 Å². The lowest BCUT2D eigenvalue weighted by Crippen LogP contribution is -2.46. The molecular weight excluding hydrogens is 354 g/mol. The molecule has 4 nitrogen and oxygen atoms in total. The monoisotopic (exact) mass is 389 g/mol. The van der Waals surface area contributed by atoms with E-state index in [1.165, 1.54) is 43.2 Å². The van der Waals surface area contributed by atoms with E-state index in [-0.39, 0.29) is 0 Å². The third-order valence-corrected chi connectivity index (χ3v) is 6.06. The highest BCUT2D eigenvalue weighted by Crippen LogP contribution is 2.18. The van der Waals surface area contributed by atoms with Gasteiger partial charge in [0.15, 0.2) is 5.11 Å². The molecule has 0 bridgehead atoms. The van der Waals surface area contributed by atoms with E-state index in [1.807, 2.05) is 0 Å². The molecule has 150 valence electrons. The number of ether oxygens (including phenoxy) is 1. The van der Waals surface area contributed by atoms with Crippen molar-refractivity contribution >= 4 is 17.3 Å². The van der Waals surface area contributed by atoms with E-state index in [0.29, 0.717) is 6.04 Å². The summed E-state index contributed by atoms with van der Waals surface area (Å²) in [5.41, 5.74) is 2.65. The maximum Gasteiger partial charge on any atom is 0.169 e. The lowest BCUT2D eigenvalue weighted by molar-refractivity contribution is 0.0367. The SMILES string of the molecule is Cc1cccc(CN(CCCN2CCOCC2)C(=S)NC2CCCCC2)c1. The lowest BCUT2D eigenvalue weighted by atomic mass is 9.96. The van der Waals surface area contributed by atoms with Crippen molar-refractivity contribution < 1.29 is 4.74 Å². The van der Waals surface area contributed by atoms with Crippen LogP contribution in [0.25, 0.3) is 0 Å². The minimum atomic E-state index is 0.561. The average Bonchev–Trinajstić information content (AvgIpc) is 2.69. The molecule has 2 fully saturated rings. The summed E-state index contributed by atoms with van der Waals surface area (Å²) in [5, 5.41) is 4.60. The Kier molecular flexibility index (Phi) is 8.36. The Morgan fingerprint density at radius 2 is 2.00 bits per heavy atom. The first-order valence-electron chi connectivity index (χ1n) is 10.6. The highest BCUT2D eigenvalue weighted by molar-refractivity contribution is 7.80. The van der Waals surface area contributed by atoms with E-state index in [2.05, 4.69) is 46.3 Å². The summed E-state index contributed by atoms with van der Waals surface area (Å²) in [5.74, 6) is 0. The van der Waals surface area contributed by atoms with Crippen molar-refractivity contribution in [2.24, 2.45) is 0 Å². The topological polar surface area (TPSA) is 27.7 Å². The van der Waals surface area contributed by atoms with Gasteiger partial charge in [-0.15, -0.1) is 0 Å². The fraction of sp³-hybridized carbons (Fsp3) is 0.682. The number of aryl methyl sites for hydroxylation is 1. The highest BCUT2D eigenvalue weighted by Gasteiger charge is 2.18. The second-order valence-electron chi connectivity index (χ2n) is 8.00. The Morgan fingerprint density at radius 1 is 1.22 bits per heavy atom. The predicted octanol–water partition coefficient (Wildman–Crippen LogP) is 3.73. The van der Waals surface area contributed by atoms with Crippen LogP contribution in [0.1, 0.15) is 49.7 Å². The minimum Gasteiger partial charge on any atom is -0.379 e. The molecule has 1 saturated carbocycles. The minimum absolute atomic E-state index is 0.561. The standard InChI is InChI=1S/C22H35N3OS/c1-19-7-5-8-20(17-19)18-25(12-6-11-24-13-15-26-16-14-24)22(27)23-21-9-3-2-4-10-21/h5,7-8,17,21H,2-4,6,9-16,18H2,1H3,(H,23,27). The van der Waals surface area contributed by atoms with Gasteiger partial charge in [0.25, 0.3) is 0 Å². The molecule has 1 aromatic carbocycles. The van der Waals surface area contributed by atoms with Crippen LogP contribution in [0.3, 0.4) is 0 Å². The first-order valence-corrected chi connectivity index (χ1v) is 11.0. The molecule has 1 aliphatic carbocycles. The molecule has 3 rings (SSSR count). The van der Waals surface area contributed by atoms with Gasteiger partial charge in [0.05, 0.1) is 13.2 Å². The zero-order valence-corrected chi connectivity index (χ0v) is 17.6. The third-order valence-electron chi connectivity index (χ3n) is 5.68. The van der Waals surface area contributed by atoms with Crippen LogP contribution < -0.4 is 5.32 Å². The van der Waals surface area contributed by atoms with E-state index < -0.39 is 0 Å². The van der Waals surface area contributed by atoms with Gasteiger partial charge in [-0.25, -0.2) is 0 Å². The van der Waals surface area contributed by atoms with E-state index in [9.17, 15) is 0 Å². The van der Waals surface area contributed by atoms with Crippen molar-refractivity contribution in [1.29, 1.82) is 0 Å². The number of nitrogens with zero attached hydrogens (tertiary/aromatic N) is 2.